The van der Waals surface area contributed by atoms with Gasteiger partial charge in [-0.25, -0.2) is 9.18 Å². The topological polar surface area (TPSA) is 75.6 Å². The zero-order valence-electron chi connectivity index (χ0n) is 9.70. The summed E-state index contributed by atoms with van der Waals surface area (Å²) in [5.74, 6) is -2.23. The van der Waals surface area contributed by atoms with Crippen LogP contribution in [-0.4, -0.2) is 29.6 Å². The molecule has 1 aliphatic carbocycles. The van der Waals surface area contributed by atoms with E-state index in [9.17, 15) is 14.0 Å². The van der Waals surface area contributed by atoms with Gasteiger partial charge in [-0.15, -0.1) is 0 Å². The van der Waals surface area contributed by atoms with Crippen LogP contribution in [-0.2, 0) is 4.79 Å². The average molecular weight is 253 g/mol. The summed E-state index contributed by atoms with van der Waals surface area (Å²) in [6, 6.07) is 3.63. The molecule has 1 aromatic rings. The molecule has 0 heterocycles. The predicted octanol–water partition coefficient (Wildman–Crippen LogP) is 1.18. The van der Waals surface area contributed by atoms with Gasteiger partial charge in [0.25, 0.3) is 5.91 Å². The summed E-state index contributed by atoms with van der Waals surface area (Å²) in [7, 11) is 1.29. The van der Waals surface area contributed by atoms with E-state index in [1.165, 1.54) is 19.2 Å². The molecule has 0 bridgehead atoms. The number of carbonyl (C=O) groups is 2. The number of hydrogen-bond acceptors (Lipinski definition) is 3. The third-order valence-electron chi connectivity index (χ3n) is 2.93. The molecule has 2 N–H and O–H groups in total. The Hall–Kier alpha value is -2.11. The summed E-state index contributed by atoms with van der Waals surface area (Å²) in [6.07, 6.45) is 0.818. The molecule has 0 saturated heterocycles. The molecule has 0 spiro atoms. The number of carboxylic acids is 1. The second-order valence-corrected chi connectivity index (χ2v) is 4.19. The summed E-state index contributed by atoms with van der Waals surface area (Å²) < 4.78 is 17.9. The van der Waals surface area contributed by atoms with Crippen molar-refractivity contribution in [1.82, 2.24) is 5.32 Å². The van der Waals surface area contributed by atoms with Crippen molar-refractivity contribution in [2.24, 2.45) is 0 Å². The van der Waals surface area contributed by atoms with Crippen molar-refractivity contribution >= 4 is 11.9 Å². The van der Waals surface area contributed by atoms with Crippen LogP contribution in [0.3, 0.4) is 0 Å². The van der Waals surface area contributed by atoms with Crippen molar-refractivity contribution in [3.8, 4) is 5.75 Å². The lowest BCUT2D eigenvalue weighted by Gasteiger charge is -2.12. The molecule has 5 nitrogen and oxygen atoms in total. The Morgan fingerprint density at radius 1 is 1.44 bits per heavy atom. The number of aliphatic carboxylic acids is 1. The quantitative estimate of drug-likeness (QED) is 0.844. The average Bonchev–Trinajstić information content (AvgIpc) is 3.10. The molecule has 96 valence electrons. The van der Waals surface area contributed by atoms with Gasteiger partial charge in [-0.1, -0.05) is 0 Å². The predicted molar refractivity (Wildman–Crippen MR) is 60.0 cm³/mol. The fourth-order valence-corrected chi connectivity index (χ4v) is 1.61. The molecule has 0 aromatic heterocycles. The van der Waals surface area contributed by atoms with E-state index in [-0.39, 0.29) is 11.3 Å². The normalized spacial score (nSPS) is 15.9. The maximum atomic E-state index is 13.2. The number of carbonyl (C=O) groups excluding carboxylic acids is 1. The van der Waals surface area contributed by atoms with E-state index in [4.69, 9.17) is 9.84 Å². The van der Waals surface area contributed by atoms with Gasteiger partial charge in [0.05, 0.1) is 7.11 Å². The van der Waals surface area contributed by atoms with Gasteiger partial charge in [0, 0.05) is 5.56 Å². The third-order valence-corrected chi connectivity index (χ3v) is 2.93. The monoisotopic (exact) mass is 253 g/mol. The van der Waals surface area contributed by atoms with Gasteiger partial charge < -0.3 is 15.2 Å². The zero-order chi connectivity index (χ0) is 13.3. The fraction of sp³-hybridized carbons (Fsp3) is 0.333. The number of rotatable bonds is 4. The highest BCUT2D eigenvalue weighted by Crippen LogP contribution is 2.35. The van der Waals surface area contributed by atoms with Crippen LogP contribution in [0.1, 0.15) is 23.2 Å². The minimum Gasteiger partial charge on any atom is -0.494 e. The summed E-state index contributed by atoms with van der Waals surface area (Å²) in [4.78, 5) is 22.8. The number of benzene rings is 1. The molecule has 0 aliphatic heterocycles. The van der Waals surface area contributed by atoms with Crippen molar-refractivity contribution in [2.45, 2.75) is 18.4 Å². The van der Waals surface area contributed by atoms with Gasteiger partial charge in [0.15, 0.2) is 11.6 Å². The number of amides is 1. The number of methoxy groups -OCH3 is 1. The minimum atomic E-state index is -1.15. The van der Waals surface area contributed by atoms with Crippen molar-refractivity contribution in [1.29, 1.82) is 0 Å². The van der Waals surface area contributed by atoms with E-state index in [0.717, 1.165) is 6.07 Å². The van der Waals surface area contributed by atoms with Crippen LogP contribution in [0.15, 0.2) is 18.2 Å². The molecule has 1 aromatic carbocycles. The molecular formula is C12H12FNO4. The molecule has 1 aliphatic rings. The van der Waals surface area contributed by atoms with Gasteiger partial charge in [-0.3, -0.25) is 4.79 Å². The van der Waals surface area contributed by atoms with Crippen LogP contribution >= 0.6 is 0 Å². The largest absolute Gasteiger partial charge is 0.494 e. The Morgan fingerprint density at radius 3 is 2.61 bits per heavy atom. The smallest absolute Gasteiger partial charge is 0.329 e. The Balaban J connectivity index is 2.17. The highest BCUT2D eigenvalue weighted by Gasteiger charge is 2.51. The second kappa shape index (κ2) is 4.29. The van der Waals surface area contributed by atoms with Gasteiger partial charge in [0.2, 0.25) is 0 Å². The van der Waals surface area contributed by atoms with Crippen LogP contribution in [0.4, 0.5) is 4.39 Å². The van der Waals surface area contributed by atoms with Crippen molar-refractivity contribution in [3.63, 3.8) is 0 Å². The number of hydrogen-bond donors (Lipinski definition) is 2. The maximum Gasteiger partial charge on any atom is 0.329 e. The van der Waals surface area contributed by atoms with Crippen molar-refractivity contribution < 1.29 is 23.8 Å². The number of ether oxygens (including phenoxy) is 1. The lowest BCUT2D eigenvalue weighted by atomic mass is 10.1. The van der Waals surface area contributed by atoms with E-state index < -0.39 is 23.2 Å². The van der Waals surface area contributed by atoms with Gasteiger partial charge in [0.1, 0.15) is 5.54 Å². The zero-order valence-corrected chi connectivity index (χ0v) is 9.70. The summed E-state index contributed by atoms with van der Waals surface area (Å²) in [5, 5.41) is 11.4. The second-order valence-electron chi connectivity index (χ2n) is 4.19. The van der Waals surface area contributed by atoms with Crippen LogP contribution in [0, 0.1) is 5.82 Å². The molecule has 0 radical (unpaired) electrons. The first-order valence-electron chi connectivity index (χ1n) is 5.38. The fourth-order valence-electron chi connectivity index (χ4n) is 1.61. The number of carboxylic acid groups (broad SMARTS) is 1. The summed E-state index contributed by atoms with van der Waals surface area (Å²) in [6.45, 7) is 0. The standard InChI is InChI=1S/C12H12FNO4/c1-18-9-6-7(2-3-8(9)13)10(15)14-12(4-5-12)11(16)17/h2-3,6H,4-5H2,1H3,(H,14,15)(H,16,17). The molecule has 1 fully saturated rings. The summed E-state index contributed by atoms with van der Waals surface area (Å²) in [5.41, 5.74) is -0.987. The van der Waals surface area contributed by atoms with Gasteiger partial charge >= 0.3 is 5.97 Å². The van der Waals surface area contributed by atoms with E-state index >= 15 is 0 Å². The first-order chi connectivity index (χ1) is 8.48. The molecule has 0 atom stereocenters. The molecular weight excluding hydrogens is 241 g/mol. The SMILES string of the molecule is COc1cc(C(=O)NC2(C(=O)O)CC2)ccc1F. The van der Waals surface area contributed by atoms with Gasteiger partial charge in [-0.05, 0) is 31.0 Å². The highest BCUT2D eigenvalue weighted by atomic mass is 19.1. The van der Waals surface area contributed by atoms with Crippen LogP contribution in [0.25, 0.3) is 0 Å². The lowest BCUT2D eigenvalue weighted by Crippen LogP contribution is -2.43. The minimum absolute atomic E-state index is 0.0529. The van der Waals surface area contributed by atoms with Gasteiger partial charge in [-0.2, -0.15) is 0 Å². The molecule has 18 heavy (non-hydrogen) atoms. The molecule has 1 saturated carbocycles. The maximum absolute atomic E-state index is 13.2. The summed E-state index contributed by atoms with van der Waals surface area (Å²) >= 11 is 0. The third kappa shape index (κ3) is 2.13. The first-order valence-corrected chi connectivity index (χ1v) is 5.38. The van der Waals surface area contributed by atoms with Crippen LogP contribution < -0.4 is 10.1 Å². The Kier molecular flexibility index (Phi) is 2.94. The molecule has 6 heteroatoms. The van der Waals surface area contributed by atoms with E-state index in [0.29, 0.717) is 12.8 Å². The number of nitrogens with one attached hydrogen (secondary N) is 1. The molecule has 2 rings (SSSR count). The Labute approximate surface area is 103 Å². The van der Waals surface area contributed by atoms with Crippen LogP contribution in [0.5, 0.6) is 5.75 Å². The number of halogens is 1. The van der Waals surface area contributed by atoms with Crippen LogP contribution in [0.2, 0.25) is 0 Å². The Bertz CT molecular complexity index is 511. The Morgan fingerprint density at radius 2 is 2.11 bits per heavy atom. The molecule has 1 amide bonds. The van der Waals surface area contributed by atoms with Crippen molar-refractivity contribution in [3.05, 3.63) is 29.6 Å². The van der Waals surface area contributed by atoms with Crippen molar-refractivity contribution in [2.75, 3.05) is 7.11 Å². The highest BCUT2D eigenvalue weighted by molar-refractivity contribution is 5.99. The molecule has 0 unspecified atom stereocenters. The van der Waals surface area contributed by atoms with E-state index in [1.807, 2.05) is 0 Å². The first kappa shape index (κ1) is 12.3. The van der Waals surface area contributed by atoms with E-state index in [1.54, 1.807) is 0 Å². The lowest BCUT2D eigenvalue weighted by molar-refractivity contribution is -0.140. The van der Waals surface area contributed by atoms with E-state index in [2.05, 4.69) is 5.32 Å².